The van der Waals surface area contributed by atoms with Crippen molar-refractivity contribution in [3.05, 3.63) is 65.9 Å². The van der Waals surface area contributed by atoms with Gasteiger partial charge in [-0.1, -0.05) is 0 Å². The molecule has 0 bridgehead atoms. The maximum atomic E-state index is 13.1. The monoisotopic (exact) mass is 447 g/mol. The summed E-state index contributed by atoms with van der Waals surface area (Å²) >= 11 is 0. The molecule has 2 heterocycles. The lowest BCUT2D eigenvalue weighted by Crippen LogP contribution is -2.30. The van der Waals surface area contributed by atoms with E-state index < -0.39 is 0 Å². The van der Waals surface area contributed by atoms with Crippen LogP contribution in [0.25, 0.3) is 5.69 Å². The van der Waals surface area contributed by atoms with Crippen molar-refractivity contribution in [3.63, 3.8) is 0 Å². The topological polar surface area (TPSA) is 120 Å². The average molecular weight is 447 g/mol. The number of aromatic nitrogens is 2. The van der Waals surface area contributed by atoms with Gasteiger partial charge in [-0.3, -0.25) is 14.4 Å². The fourth-order valence-electron chi connectivity index (χ4n) is 3.94. The predicted octanol–water partition coefficient (Wildman–Crippen LogP) is 2.77. The van der Waals surface area contributed by atoms with Crippen LogP contribution in [0.1, 0.15) is 34.1 Å². The largest absolute Gasteiger partial charge is 0.497 e. The molecule has 1 saturated heterocycles. The minimum absolute atomic E-state index is 0.122. The molecular weight excluding hydrogens is 422 g/mol. The van der Waals surface area contributed by atoms with Gasteiger partial charge in [0.1, 0.15) is 11.6 Å². The van der Waals surface area contributed by atoms with Crippen LogP contribution in [-0.4, -0.2) is 52.5 Å². The van der Waals surface area contributed by atoms with E-state index in [2.05, 4.69) is 10.4 Å². The number of carbonyl (C=O) groups excluding carboxylic acids is 3. The minimum Gasteiger partial charge on any atom is -0.497 e. The van der Waals surface area contributed by atoms with Crippen molar-refractivity contribution in [1.82, 2.24) is 14.7 Å². The number of likely N-dealkylation sites (tertiary alicyclic amines) is 1. The molecule has 0 saturated carbocycles. The zero-order chi connectivity index (χ0) is 23.5. The van der Waals surface area contributed by atoms with Gasteiger partial charge in [-0.05, 0) is 55.0 Å². The summed E-state index contributed by atoms with van der Waals surface area (Å²) in [6.45, 7) is 2.22. The second-order valence-corrected chi connectivity index (χ2v) is 7.91. The minimum atomic E-state index is -0.344. The molecule has 2 aromatic carbocycles. The molecule has 3 N–H and O–H groups in total. The number of anilines is 2. The molecule has 3 aromatic rings. The molecule has 2 amide bonds. The molecule has 1 unspecified atom stereocenters. The standard InChI is InChI=1S/C24H25N5O4/c1-15(30)27-18-5-3-16(4-6-18)24(32)28-12-11-17(14-28)22(31)21-13-26-29(23(21)25)19-7-9-20(33-2)10-8-19/h3-10,13,17H,11-12,14,25H2,1-2H3,(H,27,30). The lowest BCUT2D eigenvalue weighted by Gasteiger charge is -2.16. The smallest absolute Gasteiger partial charge is 0.253 e. The van der Waals surface area contributed by atoms with Crippen molar-refractivity contribution in [1.29, 1.82) is 0 Å². The average Bonchev–Trinajstić information content (AvgIpc) is 3.46. The number of hydrogen-bond acceptors (Lipinski definition) is 6. The Labute approximate surface area is 191 Å². The van der Waals surface area contributed by atoms with E-state index in [1.807, 2.05) is 12.1 Å². The van der Waals surface area contributed by atoms with Crippen molar-refractivity contribution in [3.8, 4) is 11.4 Å². The van der Waals surface area contributed by atoms with E-state index in [1.54, 1.807) is 48.4 Å². The Morgan fingerprint density at radius 1 is 1.09 bits per heavy atom. The summed E-state index contributed by atoms with van der Waals surface area (Å²) in [4.78, 5) is 38.8. The Hall–Kier alpha value is -4.14. The molecule has 170 valence electrons. The quantitative estimate of drug-likeness (QED) is 0.561. The van der Waals surface area contributed by atoms with Crippen LogP contribution in [0.15, 0.2) is 54.7 Å². The first-order valence-electron chi connectivity index (χ1n) is 10.6. The lowest BCUT2D eigenvalue weighted by atomic mass is 9.98. The molecule has 1 aliphatic rings. The van der Waals surface area contributed by atoms with Crippen molar-refractivity contribution in [2.45, 2.75) is 13.3 Å². The normalized spacial score (nSPS) is 15.3. The van der Waals surface area contributed by atoms with Crippen LogP contribution in [0.2, 0.25) is 0 Å². The number of methoxy groups -OCH3 is 1. The molecular formula is C24H25N5O4. The highest BCUT2D eigenvalue weighted by Crippen LogP contribution is 2.27. The van der Waals surface area contributed by atoms with Gasteiger partial charge in [0.25, 0.3) is 5.91 Å². The van der Waals surface area contributed by atoms with Gasteiger partial charge < -0.3 is 20.7 Å². The third kappa shape index (κ3) is 4.57. The zero-order valence-electron chi connectivity index (χ0n) is 18.4. The van der Waals surface area contributed by atoms with E-state index in [0.717, 1.165) is 5.69 Å². The molecule has 0 aliphatic carbocycles. The molecule has 0 radical (unpaired) electrons. The van der Waals surface area contributed by atoms with Crippen LogP contribution in [0.4, 0.5) is 11.5 Å². The summed E-state index contributed by atoms with van der Waals surface area (Å²) in [7, 11) is 1.59. The van der Waals surface area contributed by atoms with Crippen molar-refractivity contribution < 1.29 is 19.1 Å². The molecule has 0 spiro atoms. The second kappa shape index (κ2) is 9.15. The van der Waals surface area contributed by atoms with Crippen LogP contribution in [0.5, 0.6) is 5.75 Å². The fraction of sp³-hybridized carbons (Fsp3) is 0.250. The van der Waals surface area contributed by atoms with Gasteiger partial charge in [0.15, 0.2) is 5.78 Å². The van der Waals surface area contributed by atoms with Crippen LogP contribution in [0, 0.1) is 5.92 Å². The third-order valence-electron chi connectivity index (χ3n) is 5.69. The van der Waals surface area contributed by atoms with Crippen molar-refractivity contribution >= 4 is 29.1 Å². The summed E-state index contributed by atoms with van der Waals surface area (Å²) in [6, 6.07) is 13.9. The summed E-state index contributed by atoms with van der Waals surface area (Å²) in [5.74, 6) is 0.183. The van der Waals surface area contributed by atoms with Crippen LogP contribution in [0.3, 0.4) is 0 Å². The summed E-state index contributed by atoms with van der Waals surface area (Å²) < 4.78 is 6.68. The number of hydrogen-bond donors (Lipinski definition) is 2. The summed E-state index contributed by atoms with van der Waals surface area (Å²) in [6.07, 6.45) is 2.04. The summed E-state index contributed by atoms with van der Waals surface area (Å²) in [5, 5.41) is 6.95. The van der Waals surface area contributed by atoms with E-state index in [9.17, 15) is 14.4 Å². The first-order valence-corrected chi connectivity index (χ1v) is 10.6. The Morgan fingerprint density at radius 3 is 2.42 bits per heavy atom. The number of nitrogens with zero attached hydrogens (tertiary/aromatic N) is 3. The van der Waals surface area contributed by atoms with E-state index >= 15 is 0 Å². The Bertz CT molecular complexity index is 1180. The van der Waals surface area contributed by atoms with Crippen LogP contribution < -0.4 is 15.8 Å². The predicted molar refractivity (Wildman–Crippen MR) is 124 cm³/mol. The molecule has 33 heavy (non-hydrogen) atoms. The number of carbonyl (C=O) groups is 3. The second-order valence-electron chi connectivity index (χ2n) is 7.91. The SMILES string of the molecule is COc1ccc(-n2ncc(C(=O)C3CCN(C(=O)c4ccc(NC(C)=O)cc4)C3)c2N)cc1. The number of rotatable bonds is 6. The molecule has 1 aromatic heterocycles. The molecule has 4 rings (SSSR count). The maximum absolute atomic E-state index is 13.1. The van der Waals surface area contributed by atoms with Gasteiger partial charge >= 0.3 is 0 Å². The number of benzene rings is 2. The molecule has 1 aliphatic heterocycles. The number of ether oxygens (including phenoxy) is 1. The van der Waals surface area contributed by atoms with E-state index in [1.165, 1.54) is 17.8 Å². The Morgan fingerprint density at radius 2 is 1.79 bits per heavy atom. The van der Waals surface area contributed by atoms with Gasteiger partial charge in [0, 0.05) is 37.2 Å². The van der Waals surface area contributed by atoms with E-state index in [-0.39, 0.29) is 29.3 Å². The maximum Gasteiger partial charge on any atom is 0.253 e. The summed E-state index contributed by atoms with van der Waals surface area (Å²) in [5.41, 5.74) is 8.45. The number of amides is 2. The number of nitrogen functional groups attached to an aromatic ring is 1. The number of nitrogens with two attached hydrogens (primary N) is 1. The Kier molecular flexibility index (Phi) is 6.12. The van der Waals surface area contributed by atoms with E-state index in [4.69, 9.17) is 10.5 Å². The van der Waals surface area contributed by atoms with Gasteiger partial charge in [-0.25, -0.2) is 4.68 Å². The molecule has 9 nitrogen and oxygen atoms in total. The van der Waals surface area contributed by atoms with E-state index in [0.29, 0.717) is 42.1 Å². The number of Topliss-reactive ketones (excluding diaryl/α,β-unsaturated/α-hetero) is 1. The highest BCUT2D eigenvalue weighted by molar-refractivity contribution is 6.03. The lowest BCUT2D eigenvalue weighted by molar-refractivity contribution is -0.114. The van der Waals surface area contributed by atoms with Crippen molar-refractivity contribution in [2.75, 3.05) is 31.2 Å². The number of nitrogens with one attached hydrogen (secondary N) is 1. The van der Waals surface area contributed by atoms with Gasteiger partial charge in [-0.15, -0.1) is 0 Å². The fourth-order valence-corrected chi connectivity index (χ4v) is 3.94. The Balaban J connectivity index is 1.44. The van der Waals surface area contributed by atoms with Crippen molar-refractivity contribution in [2.24, 2.45) is 5.92 Å². The molecule has 9 heteroatoms. The van der Waals surface area contributed by atoms with Gasteiger partial charge in [-0.2, -0.15) is 5.10 Å². The zero-order valence-corrected chi connectivity index (χ0v) is 18.4. The van der Waals surface area contributed by atoms with Gasteiger partial charge in [0.05, 0.1) is 24.6 Å². The van der Waals surface area contributed by atoms with Crippen LogP contribution >= 0.6 is 0 Å². The highest BCUT2D eigenvalue weighted by atomic mass is 16.5. The first-order chi connectivity index (χ1) is 15.9. The molecule has 1 fully saturated rings. The first kappa shape index (κ1) is 22.1. The third-order valence-corrected chi connectivity index (χ3v) is 5.69. The van der Waals surface area contributed by atoms with Gasteiger partial charge in [0.2, 0.25) is 5.91 Å². The highest BCUT2D eigenvalue weighted by Gasteiger charge is 2.33. The molecule has 1 atom stereocenters. The number of ketones is 1. The van der Waals surface area contributed by atoms with Crippen LogP contribution in [-0.2, 0) is 4.79 Å².